The minimum Gasteiger partial charge on any atom is -0.497 e. The van der Waals surface area contributed by atoms with Crippen LogP contribution < -0.4 is 10.1 Å². The van der Waals surface area contributed by atoms with Crippen LogP contribution in [-0.4, -0.2) is 60.9 Å². The molecule has 2 aliphatic heterocycles. The van der Waals surface area contributed by atoms with Gasteiger partial charge in [-0.2, -0.15) is 0 Å². The van der Waals surface area contributed by atoms with Gasteiger partial charge in [-0.15, -0.1) is 0 Å². The Kier molecular flexibility index (Phi) is 5.51. The maximum atomic E-state index is 12.7. The Balaban J connectivity index is 1.62. The highest BCUT2D eigenvalue weighted by Crippen LogP contribution is 2.40. The Labute approximate surface area is 155 Å². The third kappa shape index (κ3) is 3.56. The van der Waals surface area contributed by atoms with Crippen molar-refractivity contribution in [3.63, 3.8) is 0 Å². The van der Waals surface area contributed by atoms with Crippen molar-refractivity contribution in [2.75, 3.05) is 33.3 Å². The zero-order valence-electron chi connectivity index (χ0n) is 16.0. The Morgan fingerprint density at radius 1 is 1.31 bits per heavy atom. The zero-order valence-corrected chi connectivity index (χ0v) is 16.0. The van der Waals surface area contributed by atoms with E-state index in [0.29, 0.717) is 26.1 Å². The first-order valence-electron chi connectivity index (χ1n) is 9.46. The molecule has 0 bridgehead atoms. The Bertz CT molecular complexity index is 657. The van der Waals surface area contributed by atoms with Crippen LogP contribution in [0.15, 0.2) is 24.3 Å². The van der Waals surface area contributed by atoms with Gasteiger partial charge in [0.1, 0.15) is 11.8 Å². The number of likely N-dealkylation sites (N-methyl/N-ethyl adjacent to an activating group) is 1. The van der Waals surface area contributed by atoms with E-state index in [-0.39, 0.29) is 17.9 Å². The van der Waals surface area contributed by atoms with Gasteiger partial charge in [0.05, 0.1) is 12.5 Å². The second-order valence-electron chi connectivity index (χ2n) is 7.33. The van der Waals surface area contributed by atoms with E-state index < -0.39 is 5.41 Å². The number of ether oxygens (including phenoxy) is 1. The van der Waals surface area contributed by atoms with Crippen LogP contribution in [-0.2, 0) is 16.1 Å². The number of hydrogen-bond acceptors (Lipinski definition) is 4. The number of hydrogen-bond donors (Lipinski definition) is 1. The molecule has 1 spiro atoms. The quantitative estimate of drug-likeness (QED) is 0.839. The highest BCUT2D eigenvalue weighted by atomic mass is 16.5. The second-order valence-corrected chi connectivity index (χ2v) is 7.33. The normalized spacial score (nSPS) is 25.5. The molecule has 2 fully saturated rings. The fraction of sp³-hybridized carbons (Fsp3) is 0.600. The highest BCUT2D eigenvalue weighted by Gasteiger charge is 2.52. The van der Waals surface area contributed by atoms with Gasteiger partial charge in [0.25, 0.3) is 0 Å². The largest absolute Gasteiger partial charge is 0.497 e. The molecule has 6 nitrogen and oxygen atoms in total. The number of carbonyl (C=O) groups excluding carboxylic acids is 2. The lowest BCUT2D eigenvalue weighted by Gasteiger charge is -2.24. The first kappa shape index (κ1) is 18.7. The van der Waals surface area contributed by atoms with E-state index in [9.17, 15) is 9.59 Å². The molecule has 2 saturated heterocycles. The summed E-state index contributed by atoms with van der Waals surface area (Å²) >= 11 is 0. The van der Waals surface area contributed by atoms with Gasteiger partial charge in [-0.05, 0) is 50.9 Å². The fourth-order valence-corrected chi connectivity index (χ4v) is 4.18. The first-order valence-corrected chi connectivity index (χ1v) is 9.46. The smallest absolute Gasteiger partial charge is 0.245 e. The van der Waals surface area contributed by atoms with Gasteiger partial charge in [-0.25, -0.2) is 0 Å². The summed E-state index contributed by atoms with van der Waals surface area (Å²) in [4.78, 5) is 29.4. The SMILES string of the molecule is CCN(CC)C(=O)[C@@H]1C[C@]2(CCN(Cc3ccc(OC)cc3)C2)C(=O)N1. The van der Waals surface area contributed by atoms with Crippen LogP contribution in [0.2, 0.25) is 0 Å². The van der Waals surface area contributed by atoms with Crippen molar-refractivity contribution in [3.8, 4) is 5.75 Å². The minimum absolute atomic E-state index is 0.0419. The lowest BCUT2D eigenvalue weighted by Crippen LogP contribution is -2.44. The summed E-state index contributed by atoms with van der Waals surface area (Å²) in [6.07, 6.45) is 1.43. The summed E-state index contributed by atoms with van der Waals surface area (Å²) in [6.45, 7) is 7.71. The molecule has 1 aromatic carbocycles. The second kappa shape index (κ2) is 7.66. The van der Waals surface area contributed by atoms with Gasteiger partial charge < -0.3 is 15.0 Å². The van der Waals surface area contributed by atoms with Crippen LogP contribution in [0.25, 0.3) is 0 Å². The summed E-state index contributed by atoms with van der Waals surface area (Å²) in [7, 11) is 1.66. The summed E-state index contributed by atoms with van der Waals surface area (Å²) in [5.41, 5.74) is 0.789. The van der Waals surface area contributed by atoms with Crippen LogP contribution in [0.4, 0.5) is 0 Å². The number of rotatable bonds is 6. The van der Waals surface area contributed by atoms with Gasteiger partial charge >= 0.3 is 0 Å². The monoisotopic (exact) mass is 359 g/mol. The lowest BCUT2D eigenvalue weighted by molar-refractivity contribution is -0.134. The molecule has 0 aliphatic carbocycles. The van der Waals surface area contributed by atoms with E-state index >= 15 is 0 Å². The van der Waals surface area contributed by atoms with Crippen molar-refractivity contribution in [1.82, 2.24) is 15.1 Å². The molecule has 1 aromatic rings. The standard InChI is InChI=1S/C20H29N3O3/c1-4-23(5-2)18(24)17-12-20(19(25)21-17)10-11-22(14-20)13-15-6-8-16(26-3)9-7-15/h6-9,17H,4-5,10-14H2,1-3H3,(H,21,25)/t17-,20-/m0/s1. The van der Waals surface area contributed by atoms with Crippen LogP contribution in [0.3, 0.4) is 0 Å². The highest BCUT2D eigenvalue weighted by molar-refractivity contribution is 5.94. The summed E-state index contributed by atoms with van der Waals surface area (Å²) in [5, 5.41) is 2.96. The molecule has 6 heteroatoms. The van der Waals surface area contributed by atoms with Crippen molar-refractivity contribution >= 4 is 11.8 Å². The number of likely N-dealkylation sites (tertiary alicyclic amines) is 1. The molecule has 2 atom stereocenters. The van der Waals surface area contributed by atoms with E-state index in [1.807, 2.05) is 26.0 Å². The fourth-order valence-electron chi connectivity index (χ4n) is 4.18. The molecule has 0 saturated carbocycles. The van der Waals surface area contributed by atoms with Crippen LogP contribution in [0.5, 0.6) is 5.75 Å². The minimum atomic E-state index is -0.417. The molecular weight excluding hydrogens is 330 g/mol. The number of methoxy groups -OCH3 is 1. The molecule has 2 amide bonds. The average Bonchev–Trinajstić information content (AvgIpc) is 3.20. The van der Waals surface area contributed by atoms with Crippen LogP contribution in [0, 0.1) is 5.41 Å². The Hall–Kier alpha value is -2.08. The van der Waals surface area contributed by atoms with E-state index in [1.165, 1.54) is 5.56 Å². The maximum Gasteiger partial charge on any atom is 0.245 e. The van der Waals surface area contributed by atoms with Gasteiger partial charge in [0, 0.05) is 26.2 Å². The molecule has 0 radical (unpaired) electrons. The molecule has 0 unspecified atom stereocenters. The molecule has 26 heavy (non-hydrogen) atoms. The molecule has 0 aromatic heterocycles. The zero-order chi connectivity index (χ0) is 18.7. The third-order valence-electron chi connectivity index (χ3n) is 5.75. The third-order valence-corrected chi connectivity index (χ3v) is 5.75. The van der Waals surface area contributed by atoms with Crippen molar-refractivity contribution < 1.29 is 14.3 Å². The van der Waals surface area contributed by atoms with Gasteiger partial charge in [0.2, 0.25) is 11.8 Å². The maximum absolute atomic E-state index is 12.7. The van der Waals surface area contributed by atoms with E-state index in [0.717, 1.165) is 25.3 Å². The van der Waals surface area contributed by atoms with Gasteiger partial charge in [0.15, 0.2) is 0 Å². The molecule has 2 heterocycles. The van der Waals surface area contributed by atoms with Crippen molar-refractivity contribution in [2.24, 2.45) is 5.41 Å². The van der Waals surface area contributed by atoms with Crippen molar-refractivity contribution in [3.05, 3.63) is 29.8 Å². The molecule has 142 valence electrons. The predicted molar refractivity (Wildman–Crippen MR) is 99.8 cm³/mol. The number of carbonyl (C=O) groups is 2. The summed E-state index contributed by atoms with van der Waals surface area (Å²) < 4.78 is 5.20. The molecule has 3 rings (SSSR count). The number of amides is 2. The van der Waals surface area contributed by atoms with Gasteiger partial charge in [-0.1, -0.05) is 12.1 Å². The van der Waals surface area contributed by atoms with Crippen LogP contribution >= 0.6 is 0 Å². The molecular formula is C20H29N3O3. The Morgan fingerprint density at radius 2 is 2.00 bits per heavy atom. The van der Waals surface area contributed by atoms with Crippen molar-refractivity contribution in [2.45, 2.75) is 39.3 Å². The molecule has 2 aliphatic rings. The van der Waals surface area contributed by atoms with Crippen LogP contribution in [0.1, 0.15) is 32.3 Å². The van der Waals surface area contributed by atoms with Gasteiger partial charge in [-0.3, -0.25) is 14.5 Å². The van der Waals surface area contributed by atoms with E-state index in [1.54, 1.807) is 12.0 Å². The van der Waals surface area contributed by atoms with E-state index in [2.05, 4.69) is 22.3 Å². The number of nitrogens with zero attached hydrogens (tertiary/aromatic N) is 2. The predicted octanol–water partition coefficient (Wildman–Crippen LogP) is 1.64. The lowest BCUT2D eigenvalue weighted by atomic mass is 9.83. The number of benzene rings is 1. The number of nitrogens with one attached hydrogen (secondary N) is 1. The first-order chi connectivity index (χ1) is 12.5. The molecule has 1 N–H and O–H groups in total. The van der Waals surface area contributed by atoms with E-state index in [4.69, 9.17) is 4.74 Å². The van der Waals surface area contributed by atoms with Crippen molar-refractivity contribution in [1.29, 1.82) is 0 Å². The summed E-state index contributed by atoms with van der Waals surface area (Å²) in [5.74, 6) is 0.939. The Morgan fingerprint density at radius 3 is 2.62 bits per heavy atom. The average molecular weight is 359 g/mol. The topological polar surface area (TPSA) is 61.9 Å². The summed E-state index contributed by atoms with van der Waals surface area (Å²) in [6, 6.07) is 7.67.